The summed E-state index contributed by atoms with van der Waals surface area (Å²) in [5.41, 5.74) is 13.7. The molecule has 7 heteroatoms. The van der Waals surface area contributed by atoms with E-state index in [1.807, 2.05) is 48.5 Å². The Kier molecular flexibility index (Phi) is 9.14. The van der Waals surface area contributed by atoms with Gasteiger partial charge in [-0.3, -0.25) is 4.98 Å². The zero-order valence-electron chi connectivity index (χ0n) is 31.3. The van der Waals surface area contributed by atoms with E-state index in [1.165, 1.54) is 0 Å². The van der Waals surface area contributed by atoms with Gasteiger partial charge in [0.25, 0.3) is 0 Å². The SMILES string of the molecule is Clc1ccc2c(-n3nc4c(-c5ccc(N(c6ccccc6)c6ccccc6)cc5)ccc(-c5ccc(N(c6ccccc6)c6ccccc6)cc5)c4n3)ccnc2c1. The van der Waals surface area contributed by atoms with E-state index in [9.17, 15) is 0 Å². The summed E-state index contributed by atoms with van der Waals surface area (Å²) in [5, 5.41) is 12.0. The summed E-state index contributed by atoms with van der Waals surface area (Å²) in [6.45, 7) is 0. The molecular weight excluding hydrogens is 732 g/mol. The fourth-order valence-electron chi connectivity index (χ4n) is 7.63. The zero-order chi connectivity index (χ0) is 38.8. The Morgan fingerprint density at radius 3 is 1.21 bits per heavy atom. The van der Waals surface area contributed by atoms with Crippen molar-refractivity contribution in [3.8, 4) is 27.9 Å². The van der Waals surface area contributed by atoms with Gasteiger partial charge in [0.15, 0.2) is 0 Å². The first-order chi connectivity index (χ1) is 28.7. The highest BCUT2D eigenvalue weighted by molar-refractivity contribution is 6.31. The average Bonchev–Trinajstić information content (AvgIpc) is 3.74. The molecule has 10 aromatic rings. The summed E-state index contributed by atoms with van der Waals surface area (Å²) in [7, 11) is 0. The summed E-state index contributed by atoms with van der Waals surface area (Å²) in [4.78, 5) is 10.8. The van der Waals surface area contributed by atoms with Crippen molar-refractivity contribution in [1.29, 1.82) is 0 Å². The minimum atomic E-state index is 0.628. The molecule has 0 saturated carbocycles. The Hall–Kier alpha value is -7.54. The van der Waals surface area contributed by atoms with E-state index in [1.54, 1.807) is 11.0 Å². The van der Waals surface area contributed by atoms with Crippen LogP contribution >= 0.6 is 11.6 Å². The van der Waals surface area contributed by atoms with Crippen molar-refractivity contribution in [2.24, 2.45) is 0 Å². The maximum atomic E-state index is 6.37. The molecule has 0 unspecified atom stereocenters. The molecule has 2 heterocycles. The number of pyridine rings is 1. The van der Waals surface area contributed by atoms with E-state index in [-0.39, 0.29) is 0 Å². The van der Waals surface area contributed by atoms with Crippen LogP contribution in [0.2, 0.25) is 5.02 Å². The molecule has 58 heavy (non-hydrogen) atoms. The van der Waals surface area contributed by atoms with Gasteiger partial charge in [0.2, 0.25) is 0 Å². The molecule has 276 valence electrons. The minimum absolute atomic E-state index is 0.628. The number of halogens is 1. The molecule has 0 saturated heterocycles. The van der Waals surface area contributed by atoms with Crippen molar-refractivity contribution in [3.63, 3.8) is 0 Å². The monoisotopic (exact) mass is 766 g/mol. The Morgan fingerprint density at radius 1 is 0.397 bits per heavy atom. The number of nitrogens with zero attached hydrogens (tertiary/aromatic N) is 6. The number of para-hydroxylation sites is 4. The van der Waals surface area contributed by atoms with Crippen LogP contribution in [0.25, 0.3) is 49.9 Å². The predicted octanol–water partition coefficient (Wildman–Crippen LogP) is 13.9. The Balaban J connectivity index is 1.09. The molecule has 10 rings (SSSR count). The molecule has 0 aliphatic carbocycles. The molecule has 0 aliphatic rings. The molecule has 0 radical (unpaired) electrons. The second-order valence-electron chi connectivity index (χ2n) is 13.9. The maximum Gasteiger partial charge on any atom is 0.122 e. The van der Waals surface area contributed by atoms with Crippen LogP contribution in [-0.4, -0.2) is 20.0 Å². The molecule has 0 fully saturated rings. The topological polar surface area (TPSA) is 50.1 Å². The number of benzene rings is 8. The summed E-state index contributed by atoms with van der Waals surface area (Å²) in [5.74, 6) is 0. The molecule has 0 spiro atoms. The quantitative estimate of drug-likeness (QED) is 0.146. The van der Waals surface area contributed by atoms with Crippen LogP contribution in [0.15, 0.2) is 212 Å². The third-order valence-electron chi connectivity index (χ3n) is 10.4. The van der Waals surface area contributed by atoms with Crippen LogP contribution in [0.1, 0.15) is 0 Å². The highest BCUT2D eigenvalue weighted by Gasteiger charge is 2.20. The fraction of sp³-hybridized carbons (Fsp3) is 0. The molecule has 0 atom stereocenters. The highest BCUT2D eigenvalue weighted by atomic mass is 35.5. The van der Waals surface area contributed by atoms with E-state index >= 15 is 0 Å². The van der Waals surface area contributed by atoms with Gasteiger partial charge in [-0.15, -0.1) is 15.0 Å². The van der Waals surface area contributed by atoms with Crippen molar-refractivity contribution < 1.29 is 0 Å². The van der Waals surface area contributed by atoms with Crippen LogP contribution < -0.4 is 9.80 Å². The van der Waals surface area contributed by atoms with Crippen LogP contribution in [0.4, 0.5) is 34.1 Å². The second kappa shape index (κ2) is 15.2. The van der Waals surface area contributed by atoms with Gasteiger partial charge in [-0.1, -0.05) is 121 Å². The molecule has 2 aromatic heterocycles. The van der Waals surface area contributed by atoms with Gasteiger partial charge < -0.3 is 9.80 Å². The number of fused-ring (bicyclic) bond motifs is 2. The number of rotatable bonds is 9. The summed E-state index contributed by atoms with van der Waals surface area (Å²) >= 11 is 6.37. The van der Waals surface area contributed by atoms with E-state index in [0.29, 0.717) is 5.02 Å². The number of anilines is 6. The Labute approximate surface area is 341 Å². The molecule has 8 aromatic carbocycles. The van der Waals surface area contributed by atoms with Crippen LogP contribution in [0.3, 0.4) is 0 Å². The molecule has 6 nitrogen and oxygen atoms in total. The lowest BCUT2D eigenvalue weighted by Gasteiger charge is -2.25. The molecule has 0 aliphatic heterocycles. The molecule has 0 bridgehead atoms. The lowest BCUT2D eigenvalue weighted by Crippen LogP contribution is -2.09. The van der Waals surface area contributed by atoms with E-state index in [0.717, 1.165) is 84.0 Å². The van der Waals surface area contributed by atoms with Gasteiger partial charge in [-0.25, -0.2) is 0 Å². The number of hydrogen-bond donors (Lipinski definition) is 0. The normalized spacial score (nSPS) is 11.2. The van der Waals surface area contributed by atoms with Gasteiger partial charge in [0.1, 0.15) is 11.0 Å². The predicted molar refractivity (Wildman–Crippen MR) is 239 cm³/mol. The standard InChI is InChI=1S/C51H35ClN6/c52-38-25-30-47-48(35-38)53-34-33-49(47)58-54-50-45(36-21-26-43(27-22-36)56(39-13-5-1-6-14-39)40-15-7-2-8-16-40)31-32-46(51(50)55-58)37-23-28-44(29-24-37)57(41-17-9-3-10-18-41)42-19-11-4-12-20-42/h1-35H. The molecule has 0 N–H and O–H groups in total. The first-order valence-electron chi connectivity index (χ1n) is 19.1. The summed E-state index contributed by atoms with van der Waals surface area (Å²) in [6.07, 6.45) is 1.78. The largest absolute Gasteiger partial charge is 0.311 e. The van der Waals surface area contributed by atoms with Crippen molar-refractivity contribution in [3.05, 3.63) is 217 Å². The lowest BCUT2D eigenvalue weighted by atomic mass is 9.97. The second-order valence-corrected chi connectivity index (χ2v) is 14.4. The van der Waals surface area contributed by atoms with Gasteiger partial charge in [0, 0.05) is 61.9 Å². The van der Waals surface area contributed by atoms with E-state index in [2.05, 4.69) is 173 Å². The smallest absolute Gasteiger partial charge is 0.122 e. The van der Waals surface area contributed by atoms with Gasteiger partial charge in [-0.2, -0.15) is 0 Å². The Bertz CT molecular complexity index is 2750. The summed E-state index contributed by atoms with van der Waals surface area (Å²) < 4.78 is 0. The Morgan fingerprint density at radius 2 is 0.793 bits per heavy atom. The van der Waals surface area contributed by atoms with Crippen molar-refractivity contribution in [2.45, 2.75) is 0 Å². The number of hydrogen-bond acceptors (Lipinski definition) is 5. The van der Waals surface area contributed by atoms with Gasteiger partial charge in [0.05, 0.1) is 11.2 Å². The van der Waals surface area contributed by atoms with Gasteiger partial charge >= 0.3 is 0 Å². The van der Waals surface area contributed by atoms with Crippen molar-refractivity contribution >= 4 is 67.7 Å². The van der Waals surface area contributed by atoms with Crippen LogP contribution in [0.5, 0.6) is 0 Å². The number of aromatic nitrogens is 4. The van der Waals surface area contributed by atoms with Gasteiger partial charge in [-0.05, 0) is 108 Å². The summed E-state index contributed by atoms with van der Waals surface area (Å²) in [6, 6.07) is 71.1. The first kappa shape index (κ1) is 34.9. The molecule has 0 amide bonds. The van der Waals surface area contributed by atoms with Crippen LogP contribution in [0, 0.1) is 0 Å². The van der Waals surface area contributed by atoms with Crippen molar-refractivity contribution in [2.75, 3.05) is 9.80 Å². The third kappa shape index (κ3) is 6.61. The third-order valence-corrected chi connectivity index (χ3v) is 10.6. The zero-order valence-corrected chi connectivity index (χ0v) is 32.0. The van der Waals surface area contributed by atoms with E-state index in [4.69, 9.17) is 21.8 Å². The highest BCUT2D eigenvalue weighted by Crippen LogP contribution is 2.40. The first-order valence-corrected chi connectivity index (χ1v) is 19.5. The maximum absolute atomic E-state index is 6.37. The minimum Gasteiger partial charge on any atom is -0.311 e. The van der Waals surface area contributed by atoms with Crippen LogP contribution in [-0.2, 0) is 0 Å². The van der Waals surface area contributed by atoms with Crippen molar-refractivity contribution in [1.82, 2.24) is 20.0 Å². The lowest BCUT2D eigenvalue weighted by molar-refractivity contribution is 0.770. The average molecular weight is 767 g/mol. The fourth-order valence-corrected chi connectivity index (χ4v) is 7.80. The van der Waals surface area contributed by atoms with E-state index < -0.39 is 0 Å². The molecular formula is C51H35ClN6.